The van der Waals surface area contributed by atoms with E-state index in [1.54, 1.807) is 7.11 Å². The third-order valence-corrected chi connectivity index (χ3v) is 4.34. The number of hydrogen-bond acceptors (Lipinski definition) is 2. The second kappa shape index (κ2) is 6.48. The zero-order chi connectivity index (χ0) is 14.7. The molecule has 0 amide bonds. The minimum atomic E-state index is 0.945. The van der Waals surface area contributed by atoms with Crippen molar-refractivity contribution in [2.45, 2.75) is 32.7 Å². The van der Waals surface area contributed by atoms with E-state index in [0.29, 0.717) is 0 Å². The van der Waals surface area contributed by atoms with Gasteiger partial charge in [-0.2, -0.15) is 0 Å². The fraction of sp³-hybridized carbons (Fsp3) is 0.474. The largest absolute Gasteiger partial charge is 0.496 e. The summed E-state index contributed by atoms with van der Waals surface area (Å²) >= 11 is 0. The number of hydrogen-bond donors (Lipinski definition) is 0. The summed E-state index contributed by atoms with van der Waals surface area (Å²) in [4.78, 5) is 2.62. The average molecular weight is 283 g/mol. The molecule has 0 spiro atoms. The summed E-state index contributed by atoms with van der Waals surface area (Å²) in [5, 5.41) is 2.55. The number of fused-ring (bicyclic) bond motifs is 1. The molecule has 1 saturated carbocycles. The van der Waals surface area contributed by atoms with E-state index in [4.69, 9.17) is 4.74 Å². The summed E-state index contributed by atoms with van der Waals surface area (Å²) in [5.41, 5.74) is 1.42. The van der Waals surface area contributed by atoms with Crippen molar-refractivity contribution in [2.24, 2.45) is 5.92 Å². The van der Waals surface area contributed by atoms with Gasteiger partial charge in [-0.15, -0.1) is 0 Å². The predicted molar refractivity (Wildman–Crippen MR) is 88.8 cm³/mol. The lowest BCUT2D eigenvalue weighted by Gasteiger charge is -2.23. The molecular formula is C19H25NO. The van der Waals surface area contributed by atoms with Crippen LogP contribution in [0.15, 0.2) is 36.4 Å². The Hall–Kier alpha value is -1.54. The Bertz CT molecular complexity index is 604. The molecule has 0 N–H and O–H groups in total. The summed E-state index contributed by atoms with van der Waals surface area (Å²) in [6.07, 6.45) is 4.06. The number of nitrogens with zero attached hydrogens (tertiary/aromatic N) is 1. The van der Waals surface area contributed by atoms with Crippen molar-refractivity contribution in [1.29, 1.82) is 0 Å². The van der Waals surface area contributed by atoms with Gasteiger partial charge >= 0.3 is 0 Å². The van der Waals surface area contributed by atoms with Crippen molar-refractivity contribution in [2.75, 3.05) is 20.2 Å². The van der Waals surface area contributed by atoms with E-state index in [-0.39, 0.29) is 0 Å². The van der Waals surface area contributed by atoms with Crippen LogP contribution < -0.4 is 4.74 Å². The van der Waals surface area contributed by atoms with E-state index in [9.17, 15) is 0 Å². The van der Waals surface area contributed by atoms with Crippen LogP contribution in [0.1, 0.15) is 31.7 Å². The standard InChI is InChI=1S/C19H25NO/c1-3-12-20(13-15-8-9-15)14-16-10-11-19(21-2)18-7-5-4-6-17(16)18/h4-7,10-11,15H,3,8-9,12-14H2,1-2H3. The Balaban J connectivity index is 1.88. The molecule has 1 aliphatic carbocycles. The van der Waals surface area contributed by atoms with Gasteiger partial charge in [-0.25, -0.2) is 0 Å². The Morgan fingerprint density at radius 1 is 1.10 bits per heavy atom. The van der Waals surface area contributed by atoms with Crippen LogP contribution in [0.5, 0.6) is 5.75 Å². The van der Waals surface area contributed by atoms with Gasteiger partial charge in [-0.3, -0.25) is 4.90 Å². The van der Waals surface area contributed by atoms with E-state index >= 15 is 0 Å². The fourth-order valence-electron chi connectivity index (χ4n) is 3.11. The lowest BCUT2D eigenvalue weighted by molar-refractivity contribution is 0.256. The molecule has 2 nitrogen and oxygen atoms in total. The normalized spacial score (nSPS) is 14.8. The lowest BCUT2D eigenvalue weighted by atomic mass is 10.0. The van der Waals surface area contributed by atoms with Gasteiger partial charge in [0.25, 0.3) is 0 Å². The highest BCUT2D eigenvalue weighted by Crippen LogP contribution is 2.32. The molecule has 2 aromatic rings. The minimum Gasteiger partial charge on any atom is -0.496 e. The van der Waals surface area contributed by atoms with E-state index in [2.05, 4.69) is 48.2 Å². The first-order chi connectivity index (χ1) is 10.3. The van der Waals surface area contributed by atoms with Gasteiger partial charge in [0.15, 0.2) is 0 Å². The third-order valence-electron chi connectivity index (χ3n) is 4.34. The van der Waals surface area contributed by atoms with Gasteiger partial charge in [-0.05, 0) is 48.7 Å². The average Bonchev–Trinajstić information content (AvgIpc) is 3.32. The molecule has 112 valence electrons. The Kier molecular flexibility index (Phi) is 4.45. The van der Waals surface area contributed by atoms with Crippen LogP contribution >= 0.6 is 0 Å². The van der Waals surface area contributed by atoms with Gasteiger partial charge in [0.2, 0.25) is 0 Å². The number of methoxy groups -OCH3 is 1. The van der Waals surface area contributed by atoms with Crippen molar-refractivity contribution in [3.63, 3.8) is 0 Å². The van der Waals surface area contributed by atoms with Gasteiger partial charge in [-0.1, -0.05) is 37.3 Å². The molecule has 0 bridgehead atoms. The molecule has 2 heteroatoms. The summed E-state index contributed by atoms with van der Waals surface area (Å²) in [7, 11) is 1.75. The lowest BCUT2D eigenvalue weighted by Crippen LogP contribution is -2.26. The second-order valence-electron chi connectivity index (χ2n) is 6.15. The van der Waals surface area contributed by atoms with Crippen molar-refractivity contribution >= 4 is 10.8 Å². The monoisotopic (exact) mass is 283 g/mol. The van der Waals surface area contributed by atoms with E-state index in [1.165, 1.54) is 48.7 Å². The molecule has 0 aliphatic heterocycles. The van der Waals surface area contributed by atoms with Crippen LogP contribution in [0.2, 0.25) is 0 Å². The molecule has 21 heavy (non-hydrogen) atoms. The fourth-order valence-corrected chi connectivity index (χ4v) is 3.11. The van der Waals surface area contributed by atoms with Gasteiger partial charge < -0.3 is 4.74 Å². The first-order valence-corrected chi connectivity index (χ1v) is 8.08. The van der Waals surface area contributed by atoms with Crippen LogP contribution in [0.3, 0.4) is 0 Å². The maximum atomic E-state index is 5.50. The van der Waals surface area contributed by atoms with Crippen LogP contribution in [0.4, 0.5) is 0 Å². The maximum Gasteiger partial charge on any atom is 0.126 e. The van der Waals surface area contributed by atoms with Gasteiger partial charge in [0, 0.05) is 18.5 Å². The molecule has 1 aliphatic rings. The number of rotatable bonds is 7. The zero-order valence-corrected chi connectivity index (χ0v) is 13.1. The molecule has 0 aromatic heterocycles. The summed E-state index contributed by atoms with van der Waals surface area (Å²) in [6, 6.07) is 12.9. The summed E-state index contributed by atoms with van der Waals surface area (Å²) in [5.74, 6) is 1.92. The zero-order valence-electron chi connectivity index (χ0n) is 13.1. The molecule has 0 saturated heterocycles. The molecular weight excluding hydrogens is 258 g/mol. The quantitative estimate of drug-likeness (QED) is 0.743. The SMILES string of the molecule is CCCN(Cc1ccc(OC)c2ccccc12)CC1CC1. The van der Waals surface area contributed by atoms with Crippen LogP contribution in [0.25, 0.3) is 10.8 Å². The first kappa shape index (κ1) is 14.4. The molecule has 0 unspecified atom stereocenters. The van der Waals surface area contributed by atoms with Crippen molar-refractivity contribution in [3.8, 4) is 5.75 Å². The van der Waals surface area contributed by atoms with Crippen molar-refractivity contribution in [3.05, 3.63) is 42.0 Å². The topological polar surface area (TPSA) is 12.5 Å². The third kappa shape index (κ3) is 3.38. The van der Waals surface area contributed by atoms with E-state index < -0.39 is 0 Å². The second-order valence-corrected chi connectivity index (χ2v) is 6.15. The van der Waals surface area contributed by atoms with Crippen molar-refractivity contribution < 1.29 is 4.74 Å². The van der Waals surface area contributed by atoms with E-state index in [1.807, 2.05) is 0 Å². The highest BCUT2D eigenvalue weighted by molar-refractivity contribution is 5.91. The summed E-state index contributed by atoms with van der Waals surface area (Å²) in [6.45, 7) is 5.77. The Morgan fingerprint density at radius 3 is 2.52 bits per heavy atom. The summed E-state index contributed by atoms with van der Waals surface area (Å²) < 4.78 is 5.50. The highest BCUT2D eigenvalue weighted by Gasteiger charge is 2.24. The smallest absolute Gasteiger partial charge is 0.126 e. The maximum absolute atomic E-state index is 5.50. The molecule has 2 aromatic carbocycles. The van der Waals surface area contributed by atoms with Crippen LogP contribution in [-0.4, -0.2) is 25.1 Å². The molecule has 3 rings (SSSR count). The Morgan fingerprint density at radius 2 is 1.86 bits per heavy atom. The Labute approximate surface area is 127 Å². The highest BCUT2D eigenvalue weighted by atomic mass is 16.5. The van der Waals surface area contributed by atoms with Crippen LogP contribution in [-0.2, 0) is 6.54 Å². The predicted octanol–water partition coefficient (Wildman–Crippen LogP) is 4.47. The van der Waals surface area contributed by atoms with E-state index in [0.717, 1.165) is 18.2 Å². The van der Waals surface area contributed by atoms with Crippen LogP contribution in [0, 0.1) is 5.92 Å². The minimum absolute atomic E-state index is 0.945. The van der Waals surface area contributed by atoms with Gasteiger partial charge in [0.05, 0.1) is 7.11 Å². The molecule has 1 fully saturated rings. The van der Waals surface area contributed by atoms with Gasteiger partial charge in [0.1, 0.15) is 5.75 Å². The molecule has 0 radical (unpaired) electrons. The molecule has 0 atom stereocenters. The number of ether oxygens (including phenoxy) is 1. The first-order valence-electron chi connectivity index (χ1n) is 8.08. The van der Waals surface area contributed by atoms with Crippen molar-refractivity contribution in [1.82, 2.24) is 4.90 Å². The number of benzene rings is 2. The molecule has 0 heterocycles.